The lowest BCUT2D eigenvalue weighted by atomic mass is 9.62. The van der Waals surface area contributed by atoms with E-state index in [4.69, 9.17) is 0 Å². The number of amides is 1. The van der Waals surface area contributed by atoms with Crippen LogP contribution in [0.4, 0.5) is 11.6 Å². The molecule has 0 saturated carbocycles. The minimum atomic E-state index is -0.894. The monoisotopic (exact) mass is 411 g/mol. The minimum Gasteiger partial charge on any atom is -0.274 e. The molecule has 8 heteroatoms. The first-order valence-electron chi connectivity index (χ1n) is 9.69. The van der Waals surface area contributed by atoms with Crippen LogP contribution >= 0.6 is 0 Å². The van der Waals surface area contributed by atoms with Crippen LogP contribution < -0.4 is 4.90 Å². The van der Waals surface area contributed by atoms with Gasteiger partial charge in [-0.2, -0.15) is 10.1 Å². The van der Waals surface area contributed by atoms with Crippen molar-refractivity contribution in [2.45, 2.75) is 11.5 Å². The predicted molar refractivity (Wildman–Crippen MR) is 113 cm³/mol. The summed E-state index contributed by atoms with van der Waals surface area (Å²) in [5.41, 5.74) is 1.59. The number of nitro benzene ring substituents is 1. The Morgan fingerprint density at radius 2 is 1.48 bits per heavy atom. The Morgan fingerprint density at radius 1 is 0.903 bits per heavy atom. The summed E-state index contributed by atoms with van der Waals surface area (Å²) in [7, 11) is 0. The number of benzene rings is 3. The molecule has 1 atom stereocenters. The van der Waals surface area contributed by atoms with Crippen LogP contribution in [0.1, 0.15) is 22.6 Å². The molecule has 2 heterocycles. The fraction of sp³-hybridized carbons (Fsp3) is 0.0870. The number of β-lactam (4-membered cyclic amide) rings is 1. The van der Waals surface area contributed by atoms with Gasteiger partial charge in [-0.25, -0.2) is 5.10 Å². The minimum absolute atomic E-state index is 0.0207. The summed E-state index contributed by atoms with van der Waals surface area (Å²) in [6, 6.07) is 25.6. The van der Waals surface area contributed by atoms with E-state index in [1.807, 2.05) is 60.7 Å². The van der Waals surface area contributed by atoms with Gasteiger partial charge in [-0.05, 0) is 16.7 Å². The SMILES string of the molecule is O=C1C(c2ccc([N+](=O)[O-])cc2)C(c2ccccc2)(c2ccccc2)N1c1ncn[nH]1. The zero-order valence-electron chi connectivity index (χ0n) is 16.3. The molecule has 1 fully saturated rings. The van der Waals surface area contributed by atoms with Gasteiger partial charge in [0, 0.05) is 12.1 Å². The molecule has 0 bridgehead atoms. The first kappa shape index (κ1) is 18.7. The Kier molecular flexibility index (Phi) is 4.32. The van der Waals surface area contributed by atoms with Crippen molar-refractivity contribution in [3.63, 3.8) is 0 Å². The molecule has 1 aromatic heterocycles. The molecule has 3 aromatic carbocycles. The first-order chi connectivity index (χ1) is 15.1. The number of hydrogen-bond acceptors (Lipinski definition) is 5. The number of non-ortho nitro benzene ring substituents is 1. The third-order valence-corrected chi connectivity index (χ3v) is 5.72. The van der Waals surface area contributed by atoms with E-state index in [0.717, 1.165) is 11.1 Å². The fourth-order valence-electron chi connectivity index (χ4n) is 4.44. The van der Waals surface area contributed by atoms with Gasteiger partial charge in [0.25, 0.3) is 5.69 Å². The summed E-state index contributed by atoms with van der Waals surface area (Å²) in [5.74, 6) is -0.419. The van der Waals surface area contributed by atoms with Crippen LogP contribution in [0, 0.1) is 10.1 Å². The van der Waals surface area contributed by atoms with Crippen molar-refractivity contribution in [2.24, 2.45) is 0 Å². The van der Waals surface area contributed by atoms with Gasteiger partial charge >= 0.3 is 0 Å². The second kappa shape index (κ2) is 7.17. The number of carbonyl (C=O) groups is 1. The van der Waals surface area contributed by atoms with Gasteiger partial charge in [-0.15, -0.1) is 0 Å². The number of hydrogen-bond donors (Lipinski definition) is 1. The molecular formula is C23H17N5O3. The van der Waals surface area contributed by atoms with Crippen LogP contribution in [0.25, 0.3) is 0 Å². The molecule has 1 aliphatic rings. The number of H-pyrrole nitrogens is 1. The maximum Gasteiger partial charge on any atom is 0.269 e. The zero-order chi connectivity index (χ0) is 21.4. The van der Waals surface area contributed by atoms with E-state index >= 15 is 0 Å². The van der Waals surface area contributed by atoms with E-state index in [9.17, 15) is 14.9 Å². The number of carbonyl (C=O) groups excluding carboxylic acids is 1. The lowest BCUT2D eigenvalue weighted by Gasteiger charge is -2.57. The van der Waals surface area contributed by atoms with Crippen molar-refractivity contribution in [3.05, 3.63) is 118 Å². The van der Waals surface area contributed by atoms with Crippen LogP contribution in [-0.4, -0.2) is 26.0 Å². The Hall–Kier alpha value is -4.33. The summed E-state index contributed by atoms with van der Waals surface area (Å²) in [6.07, 6.45) is 1.36. The number of nitrogens with zero attached hydrogens (tertiary/aromatic N) is 4. The smallest absolute Gasteiger partial charge is 0.269 e. The van der Waals surface area contributed by atoms with Gasteiger partial charge in [-0.3, -0.25) is 19.8 Å². The lowest BCUT2D eigenvalue weighted by molar-refractivity contribution is -0.384. The largest absolute Gasteiger partial charge is 0.274 e. The van der Waals surface area contributed by atoms with Gasteiger partial charge in [0.05, 0.1) is 10.8 Å². The summed E-state index contributed by atoms with van der Waals surface area (Å²) in [6.45, 7) is 0. The molecule has 152 valence electrons. The van der Waals surface area contributed by atoms with Crippen LogP contribution in [0.5, 0.6) is 0 Å². The predicted octanol–water partition coefficient (Wildman–Crippen LogP) is 3.79. The fourth-order valence-corrected chi connectivity index (χ4v) is 4.44. The quantitative estimate of drug-likeness (QED) is 0.306. The zero-order valence-corrected chi connectivity index (χ0v) is 16.3. The van der Waals surface area contributed by atoms with E-state index in [-0.39, 0.29) is 11.6 Å². The number of nitrogens with one attached hydrogen (secondary N) is 1. The summed E-state index contributed by atoms with van der Waals surface area (Å²) < 4.78 is 0. The highest BCUT2D eigenvalue weighted by Gasteiger charge is 2.64. The molecule has 1 aliphatic heterocycles. The maximum absolute atomic E-state index is 13.5. The summed E-state index contributed by atoms with van der Waals surface area (Å²) >= 11 is 0. The Morgan fingerprint density at radius 3 is 1.97 bits per heavy atom. The van der Waals surface area contributed by atoms with E-state index in [1.54, 1.807) is 17.0 Å². The molecule has 5 rings (SSSR count). The number of rotatable bonds is 5. The van der Waals surface area contributed by atoms with E-state index in [1.165, 1.54) is 18.5 Å². The van der Waals surface area contributed by atoms with E-state index < -0.39 is 16.4 Å². The van der Waals surface area contributed by atoms with Crippen molar-refractivity contribution in [1.82, 2.24) is 15.2 Å². The number of nitro groups is 1. The molecule has 0 radical (unpaired) electrons. The average molecular weight is 411 g/mol. The highest BCUT2D eigenvalue weighted by Crippen LogP contribution is 2.56. The van der Waals surface area contributed by atoms with Crippen molar-refractivity contribution in [2.75, 3.05) is 4.90 Å². The van der Waals surface area contributed by atoms with Gasteiger partial charge in [0.15, 0.2) is 0 Å². The Bertz CT molecular complexity index is 1190. The second-order valence-electron chi connectivity index (χ2n) is 7.26. The molecule has 0 aliphatic carbocycles. The van der Waals surface area contributed by atoms with Crippen molar-refractivity contribution < 1.29 is 9.72 Å². The van der Waals surface area contributed by atoms with E-state index in [0.29, 0.717) is 11.5 Å². The first-order valence-corrected chi connectivity index (χ1v) is 9.69. The summed E-state index contributed by atoms with van der Waals surface area (Å²) in [5, 5.41) is 17.9. The molecule has 1 amide bonds. The highest BCUT2D eigenvalue weighted by molar-refractivity contribution is 6.09. The molecule has 1 unspecified atom stereocenters. The molecule has 1 N–H and O–H groups in total. The second-order valence-corrected chi connectivity index (χ2v) is 7.26. The van der Waals surface area contributed by atoms with Gasteiger partial charge in [0.1, 0.15) is 11.9 Å². The molecule has 31 heavy (non-hydrogen) atoms. The standard InChI is InChI=1S/C23H17N5O3/c29-21-20(16-11-13-19(14-12-16)28(30)31)23(17-7-3-1-4-8-17,18-9-5-2-6-10-18)27(21)22-24-15-25-26-22/h1-15,20H,(H,24,25,26). The molecular weight excluding hydrogens is 394 g/mol. The third kappa shape index (κ3) is 2.72. The van der Waals surface area contributed by atoms with Gasteiger partial charge < -0.3 is 0 Å². The topological polar surface area (TPSA) is 105 Å². The number of aromatic amines is 1. The lowest BCUT2D eigenvalue weighted by Crippen LogP contribution is -2.68. The van der Waals surface area contributed by atoms with Gasteiger partial charge in [0.2, 0.25) is 11.9 Å². The average Bonchev–Trinajstić information content (AvgIpc) is 3.32. The third-order valence-electron chi connectivity index (χ3n) is 5.72. The normalized spacial score (nSPS) is 17.2. The number of anilines is 1. The van der Waals surface area contributed by atoms with Crippen LogP contribution in [0.15, 0.2) is 91.3 Å². The molecule has 4 aromatic rings. The highest BCUT2D eigenvalue weighted by atomic mass is 16.6. The Balaban J connectivity index is 1.77. The van der Waals surface area contributed by atoms with Crippen LogP contribution in [0.2, 0.25) is 0 Å². The maximum atomic E-state index is 13.5. The van der Waals surface area contributed by atoms with E-state index in [2.05, 4.69) is 15.2 Å². The van der Waals surface area contributed by atoms with Crippen molar-refractivity contribution in [3.8, 4) is 0 Å². The van der Waals surface area contributed by atoms with Crippen LogP contribution in [0.3, 0.4) is 0 Å². The van der Waals surface area contributed by atoms with Crippen molar-refractivity contribution in [1.29, 1.82) is 0 Å². The van der Waals surface area contributed by atoms with Gasteiger partial charge in [-0.1, -0.05) is 72.8 Å². The summed E-state index contributed by atoms with van der Waals surface area (Å²) in [4.78, 5) is 30.1. The molecule has 0 spiro atoms. The molecule has 1 saturated heterocycles. The van der Waals surface area contributed by atoms with Crippen molar-refractivity contribution >= 4 is 17.5 Å². The Labute approximate surface area is 177 Å². The molecule has 8 nitrogen and oxygen atoms in total. The number of aromatic nitrogens is 3. The van der Waals surface area contributed by atoms with Crippen LogP contribution in [-0.2, 0) is 10.3 Å².